The van der Waals surface area contributed by atoms with E-state index in [-0.39, 0.29) is 11.5 Å². The van der Waals surface area contributed by atoms with Gasteiger partial charge in [-0.2, -0.15) is 0 Å². The number of amides is 3. The van der Waals surface area contributed by atoms with Crippen molar-refractivity contribution in [3.63, 3.8) is 0 Å². The molecule has 3 amide bonds. The van der Waals surface area contributed by atoms with Crippen molar-refractivity contribution in [2.45, 2.75) is 0 Å². The van der Waals surface area contributed by atoms with E-state index >= 15 is 0 Å². The largest absolute Gasteiger partial charge is 0.321 e. The maximum Gasteiger partial charge on any atom is 0.274 e. The average molecular weight is 332 g/mol. The zero-order valence-electron chi connectivity index (χ0n) is 12.9. The Morgan fingerprint density at radius 2 is 1.76 bits per heavy atom. The summed E-state index contributed by atoms with van der Waals surface area (Å²) in [6.45, 7) is 0. The molecule has 0 unspecified atom stereocenters. The number of aromatic nitrogens is 2. The fourth-order valence-corrected chi connectivity index (χ4v) is 2.70. The van der Waals surface area contributed by atoms with Crippen molar-refractivity contribution in [2.24, 2.45) is 0 Å². The second kappa shape index (κ2) is 5.72. The van der Waals surface area contributed by atoms with Crippen LogP contribution in [0.25, 0.3) is 5.69 Å². The molecule has 0 saturated carbocycles. The molecule has 0 radical (unpaired) electrons. The average Bonchev–Trinajstić information content (AvgIpc) is 3.21. The molecular formula is C18H12N4O3. The van der Waals surface area contributed by atoms with Crippen molar-refractivity contribution < 1.29 is 14.4 Å². The van der Waals surface area contributed by atoms with Crippen molar-refractivity contribution in [1.29, 1.82) is 0 Å². The Hall–Kier alpha value is -3.74. The van der Waals surface area contributed by atoms with E-state index in [9.17, 15) is 14.4 Å². The summed E-state index contributed by atoms with van der Waals surface area (Å²) in [5, 5.41) is 4.94. The summed E-state index contributed by atoms with van der Waals surface area (Å²) in [6.07, 6.45) is 3.02. The van der Waals surface area contributed by atoms with Gasteiger partial charge in [-0.15, -0.1) is 0 Å². The number of nitrogens with zero attached hydrogens (tertiary/aromatic N) is 2. The number of benzene rings is 2. The molecule has 1 aromatic heterocycles. The van der Waals surface area contributed by atoms with Crippen LogP contribution in [0.5, 0.6) is 0 Å². The third-order valence-corrected chi connectivity index (χ3v) is 3.90. The number of imide groups is 1. The summed E-state index contributed by atoms with van der Waals surface area (Å²) in [6, 6.07) is 13.9. The second-order valence-electron chi connectivity index (χ2n) is 5.48. The fraction of sp³-hybridized carbons (Fsp3) is 0. The zero-order chi connectivity index (χ0) is 17.4. The first kappa shape index (κ1) is 14.8. The standard InChI is InChI=1S/C18H12N4O3/c23-16-13-7-6-11(8-14(13)17(24)21-16)20-18(25)15-9-19-10-22(15)12-4-2-1-3-5-12/h1-10H,(H,20,25)(H,21,23,24). The molecule has 0 fully saturated rings. The molecule has 0 aliphatic carbocycles. The number of fused-ring (bicyclic) bond motifs is 1. The molecular weight excluding hydrogens is 320 g/mol. The monoisotopic (exact) mass is 332 g/mol. The third kappa shape index (κ3) is 2.57. The summed E-state index contributed by atoms with van der Waals surface area (Å²) in [4.78, 5) is 39.9. The minimum atomic E-state index is -0.467. The van der Waals surface area contributed by atoms with Gasteiger partial charge in [0, 0.05) is 11.4 Å². The van der Waals surface area contributed by atoms with Gasteiger partial charge >= 0.3 is 0 Å². The summed E-state index contributed by atoms with van der Waals surface area (Å²) in [5.41, 5.74) is 2.14. The van der Waals surface area contributed by atoms with Crippen LogP contribution in [0.15, 0.2) is 61.1 Å². The maximum atomic E-state index is 12.6. The van der Waals surface area contributed by atoms with Crippen molar-refractivity contribution in [2.75, 3.05) is 5.32 Å². The predicted molar refractivity (Wildman–Crippen MR) is 89.8 cm³/mol. The molecule has 2 N–H and O–H groups in total. The molecule has 1 aliphatic rings. The van der Waals surface area contributed by atoms with Gasteiger partial charge in [-0.3, -0.25) is 24.3 Å². The lowest BCUT2D eigenvalue weighted by Gasteiger charge is -2.09. The number of anilines is 1. The van der Waals surface area contributed by atoms with Crippen LogP contribution in [0.4, 0.5) is 5.69 Å². The molecule has 4 rings (SSSR count). The van der Waals surface area contributed by atoms with Gasteiger partial charge in [0.15, 0.2) is 0 Å². The van der Waals surface area contributed by atoms with Crippen molar-refractivity contribution in [1.82, 2.24) is 14.9 Å². The third-order valence-electron chi connectivity index (χ3n) is 3.90. The van der Waals surface area contributed by atoms with E-state index in [0.717, 1.165) is 5.69 Å². The van der Waals surface area contributed by atoms with E-state index in [0.29, 0.717) is 16.9 Å². The Kier molecular flexibility index (Phi) is 3.39. The SMILES string of the molecule is O=C1NC(=O)c2cc(NC(=O)c3cncn3-c3ccccc3)ccc21. The Morgan fingerprint density at radius 3 is 2.56 bits per heavy atom. The van der Waals surface area contributed by atoms with Crippen LogP contribution in [0.1, 0.15) is 31.2 Å². The number of imidazole rings is 1. The number of carbonyl (C=O) groups is 3. The fourth-order valence-electron chi connectivity index (χ4n) is 2.70. The Labute approximate surface area is 142 Å². The first-order chi connectivity index (χ1) is 12.1. The molecule has 0 spiro atoms. The van der Waals surface area contributed by atoms with Crippen LogP contribution in [0.2, 0.25) is 0 Å². The molecule has 2 aromatic carbocycles. The summed E-state index contributed by atoms with van der Waals surface area (Å²) >= 11 is 0. The molecule has 2 heterocycles. The minimum absolute atomic E-state index is 0.249. The number of carbonyl (C=O) groups excluding carboxylic acids is 3. The van der Waals surface area contributed by atoms with Crippen LogP contribution in [0, 0.1) is 0 Å². The van der Waals surface area contributed by atoms with Crippen molar-refractivity contribution in [3.05, 3.63) is 77.9 Å². The second-order valence-corrected chi connectivity index (χ2v) is 5.48. The number of para-hydroxylation sites is 1. The quantitative estimate of drug-likeness (QED) is 0.718. The lowest BCUT2D eigenvalue weighted by molar-refractivity contribution is 0.0878. The minimum Gasteiger partial charge on any atom is -0.321 e. The first-order valence-corrected chi connectivity index (χ1v) is 7.52. The molecule has 0 bridgehead atoms. The molecule has 122 valence electrons. The van der Waals surface area contributed by atoms with Gasteiger partial charge in [-0.05, 0) is 30.3 Å². The number of nitrogens with one attached hydrogen (secondary N) is 2. The van der Waals surface area contributed by atoms with E-state index in [1.807, 2.05) is 30.3 Å². The Balaban J connectivity index is 1.62. The smallest absolute Gasteiger partial charge is 0.274 e. The highest BCUT2D eigenvalue weighted by atomic mass is 16.2. The maximum absolute atomic E-state index is 12.6. The number of hydrogen-bond acceptors (Lipinski definition) is 4. The lowest BCUT2D eigenvalue weighted by Crippen LogP contribution is -2.19. The van der Waals surface area contributed by atoms with Crippen LogP contribution in [0.3, 0.4) is 0 Å². The summed E-state index contributed by atoms with van der Waals surface area (Å²) in [7, 11) is 0. The van der Waals surface area contributed by atoms with E-state index in [4.69, 9.17) is 0 Å². The number of rotatable bonds is 3. The molecule has 7 heteroatoms. The molecule has 25 heavy (non-hydrogen) atoms. The van der Waals surface area contributed by atoms with Crippen LogP contribution in [-0.4, -0.2) is 27.3 Å². The molecule has 0 atom stereocenters. The van der Waals surface area contributed by atoms with Gasteiger partial charge < -0.3 is 5.32 Å². The zero-order valence-corrected chi connectivity index (χ0v) is 12.9. The van der Waals surface area contributed by atoms with E-state index in [1.165, 1.54) is 18.3 Å². The molecule has 1 aliphatic heterocycles. The lowest BCUT2D eigenvalue weighted by atomic mass is 10.1. The van der Waals surface area contributed by atoms with Gasteiger partial charge in [0.1, 0.15) is 5.69 Å². The first-order valence-electron chi connectivity index (χ1n) is 7.52. The summed E-state index contributed by atoms with van der Waals surface area (Å²) in [5.74, 6) is -1.27. The number of hydrogen-bond donors (Lipinski definition) is 2. The molecule has 7 nitrogen and oxygen atoms in total. The molecule has 0 saturated heterocycles. The van der Waals surface area contributed by atoms with Gasteiger partial charge in [0.2, 0.25) is 0 Å². The van der Waals surface area contributed by atoms with E-state index < -0.39 is 11.8 Å². The van der Waals surface area contributed by atoms with Gasteiger partial charge in [-0.25, -0.2) is 4.98 Å². The highest BCUT2D eigenvalue weighted by Crippen LogP contribution is 2.21. The van der Waals surface area contributed by atoms with Crippen LogP contribution < -0.4 is 10.6 Å². The van der Waals surface area contributed by atoms with E-state index in [2.05, 4.69) is 15.6 Å². The molecule has 3 aromatic rings. The Morgan fingerprint density at radius 1 is 1.00 bits per heavy atom. The normalized spacial score (nSPS) is 12.6. The van der Waals surface area contributed by atoms with Crippen LogP contribution in [-0.2, 0) is 0 Å². The topological polar surface area (TPSA) is 93.1 Å². The van der Waals surface area contributed by atoms with Gasteiger partial charge in [-0.1, -0.05) is 18.2 Å². The highest BCUT2D eigenvalue weighted by molar-refractivity contribution is 6.22. The predicted octanol–water partition coefficient (Wildman–Crippen LogP) is 2.01. The van der Waals surface area contributed by atoms with Crippen molar-refractivity contribution in [3.8, 4) is 5.69 Å². The van der Waals surface area contributed by atoms with Crippen molar-refractivity contribution >= 4 is 23.4 Å². The summed E-state index contributed by atoms with van der Waals surface area (Å²) < 4.78 is 1.67. The Bertz CT molecular complexity index is 1010. The van der Waals surface area contributed by atoms with Gasteiger partial charge in [0.05, 0.1) is 23.7 Å². The van der Waals surface area contributed by atoms with Crippen LogP contribution >= 0.6 is 0 Å². The van der Waals surface area contributed by atoms with Gasteiger partial charge in [0.25, 0.3) is 17.7 Å². The van der Waals surface area contributed by atoms with E-state index in [1.54, 1.807) is 17.0 Å². The highest BCUT2D eigenvalue weighted by Gasteiger charge is 2.27.